The van der Waals surface area contributed by atoms with Crippen molar-refractivity contribution in [3.05, 3.63) is 53.2 Å². The Balaban J connectivity index is 1.88. The highest BCUT2D eigenvalue weighted by Crippen LogP contribution is 2.28. The predicted molar refractivity (Wildman–Crippen MR) is 98.8 cm³/mol. The molecule has 1 aliphatic heterocycles. The number of morpholine rings is 1. The summed E-state index contributed by atoms with van der Waals surface area (Å²) in [6.45, 7) is 8.65. The average molecular weight is 359 g/mol. The molecule has 5 nitrogen and oxygen atoms in total. The van der Waals surface area contributed by atoms with Gasteiger partial charge >= 0.3 is 0 Å². The molecule has 6 heteroatoms. The Hall–Kier alpha value is -2.05. The summed E-state index contributed by atoms with van der Waals surface area (Å²) in [7, 11) is 1.66. The minimum atomic E-state index is -0.248. The molecule has 0 aliphatic carbocycles. The van der Waals surface area contributed by atoms with E-state index in [9.17, 15) is 4.39 Å². The minimum absolute atomic E-state index is 0.160. The van der Waals surface area contributed by atoms with Gasteiger partial charge < -0.3 is 14.4 Å². The van der Waals surface area contributed by atoms with Crippen molar-refractivity contribution in [2.75, 3.05) is 31.7 Å². The van der Waals surface area contributed by atoms with Gasteiger partial charge in [-0.05, 0) is 17.7 Å². The van der Waals surface area contributed by atoms with Crippen molar-refractivity contribution < 1.29 is 13.9 Å². The summed E-state index contributed by atoms with van der Waals surface area (Å²) in [4.78, 5) is 11.6. The first kappa shape index (κ1) is 18.7. The van der Waals surface area contributed by atoms with E-state index >= 15 is 0 Å². The summed E-state index contributed by atoms with van der Waals surface area (Å²) in [6, 6.07) is 8.55. The van der Waals surface area contributed by atoms with Gasteiger partial charge in [-0.3, -0.25) is 0 Å². The van der Waals surface area contributed by atoms with Crippen LogP contribution in [0.3, 0.4) is 0 Å². The molecular formula is C20H26FN3O2. The molecule has 2 heterocycles. The average Bonchev–Trinajstić information content (AvgIpc) is 2.61. The van der Waals surface area contributed by atoms with Gasteiger partial charge in [0.1, 0.15) is 23.6 Å². The van der Waals surface area contributed by atoms with Gasteiger partial charge in [-0.15, -0.1) is 0 Å². The second kappa shape index (κ2) is 7.68. The summed E-state index contributed by atoms with van der Waals surface area (Å²) in [5.41, 5.74) is 1.54. The second-order valence-electron chi connectivity index (χ2n) is 7.58. The first-order valence-electron chi connectivity index (χ1n) is 8.86. The van der Waals surface area contributed by atoms with Crippen LogP contribution in [0.25, 0.3) is 0 Å². The molecule has 1 saturated heterocycles. The Kier molecular flexibility index (Phi) is 5.53. The molecule has 0 radical (unpaired) electrons. The zero-order valence-corrected chi connectivity index (χ0v) is 15.8. The van der Waals surface area contributed by atoms with Gasteiger partial charge in [-0.1, -0.05) is 32.9 Å². The lowest BCUT2D eigenvalue weighted by atomic mass is 9.95. The fourth-order valence-electron chi connectivity index (χ4n) is 2.97. The van der Waals surface area contributed by atoms with Crippen LogP contribution in [0.5, 0.6) is 0 Å². The lowest BCUT2D eigenvalue weighted by Gasteiger charge is -2.34. The summed E-state index contributed by atoms with van der Waals surface area (Å²) < 4.78 is 24.7. The second-order valence-corrected chi connectivity index (χ2v) is 7.58. The quantitative estimate of drug-likeness (QED) is 0.834. The van der Waals surface area contributed by atoms with Crippen LogP contribution in [0.1, 0.15) is 44.0 Å². The number of hydrogen-bond donors (Lipinski definition) is 0. The van der Waals surface area contributed by atoms with Gasteiger partial charge in [0.15, 0.2) is 0 Å². The molecule has 1 atom stereocenters. The Bertz CT molecular complexity index is 761. The van der Waals surface area contributed by atoms with E-state index in [2.05, 4.69) is 30.7 Å². The maximum Gasteiger partial charge on any atom is 0.136 e. The van der Waals surface area contributed by atoms with Gasteiger partial charge in [-0.25, -0.2) is 14.4 Å². The molecule has 1 aliphatic rings. The third-order valence-electron chi connectivity index (χ3n) is 4.34. The van der Waals surface area contributed by atoms with Crippen molar-refractivity contribution in [1.82, 2.24) is 9.97 Å². The third kappa shape index (κ3) is 4.37. The number of methoxy groups -OCH3 is 1. The van der Waals surface area contributed by atoms with Crippen LogP contribution in [0, 0.1) is 5.82 Å². The monoisotopic (exact) mass is 359 g/mol. The number of anilines is 1. The zero-order chi connectivity index (χ0) is 18.7. The number of rotatable bonds is 4. The van der Waals surface area contributed by atoms with Crippen LogP contribution in [0.2, 0.25) is 0 Å². The van der Waals surface area contributed by atoms with Gasteiger partial charge in [0.2, 0.25) is 0 Å². The molecule has 140 valence electrons. The van der Waals surface area contributed by atoms with Gasteiger partial charge in [-0.2, -0.15) is 0 Å². The largest absolute Gasteiger partial charge is 0.378 e. The number of nitrogens with zero attached hydrogens (tertiary/aromatic N) is 3. The van der Waals surface area contributed by atoms with Gasteiger partial charge in [0, 0.05) is 31.7 Å². The molecule has 1 unspecified atom stereocenters. The fraction of sp³-hybridized carbons (Fsp3) is 0.500. The number of ether oxygens (including phenoxy) is 2. The molecule has 26 heavy (non-hydrogen) atoms. The van der Waals surface area contributed by atoms with Crippen molar-refractivity contribution in [2.45, 2.75) is 38.9 Å². The van der Waals surface area contributed by atoms with Crippen LogP contribution in [0.15, 0.2) is 30.3 Å². The fourth-order valence-corrected chi connectivity index (χ4v) is 2.97. The topological polar surface area (TPSA) is 47.5 Å². The molecular weight excluding hydrogens is 333 g/mol. The lowest BCUT2D eigenvalue weighted by molar-refractivity contribution is 0.0393. The van der Waals surface area contributed by atoms with Crippen LogP contribution in [-0.2, 0) is 21.5 Å². The SMILES string of the molecule is COCc1cc(N2CCOC(c3cccc(F)c3)C2)nc(C(C)(C)C)n1. The Morgan fingerprint density at radius 2 is 2.08 bits per heavy atom. The van der Waals surface area contributed by atoms with E-state index in [0.717, 1.165) is 29.4 Å². The van der Waals surface area contributed by atoms with Gasteiger partial charge in [0.05, 0.1) is 18.9 Å². The summed E-state index contributed by atoms with van der Waals surface area (Å²) in [6.07, 6.45) is -0.182. The van der Waals surface area contributed by atoms with Crippen LogP contribution in [0.4, 0.5) is 10.2 Å². The maximum atomic E-state index is 13.6. The van der Waals surface area contributed by atoms with E-state index in [1.165, 1.54) is 12.1 Å². The maximum absolute atomic E-state index is 13.6. The predicted octanol–water partition coefficient (Wildman–Crippen LogP) is 3.64. The number of hydrogen-bond acceptors (Lipinski definition) is 5. The van der Waals surface area contributed by atoms with Crippen LogP contribution < -0.4 is 4.90 Å². The highest BCUT2D eigenvalue weighted by atomic mass is 19.1. The Morgan fingerprint density at radius 1 is 1.27 bits per heavy atom. The highest BCUT2D eigenvalue weighted by Gasteiger charge is 2.26. The van der Waals surface area contributed by atoms with E-state index in [1.54, 1.807) is 13.2 Å². The van der Waals surface area contributed by atoms with Crippen LogP contribution in [-0.4, -0.2) is 36.8 Å². The molecule has 0 N–H and O–H groups in total. The zero-order valence-electron chi connectivity index (χ0n) is 15.8. The van der Waals surface area contributed by atoms with Crippen molar-refractivity contribution in [3.8, 4) is 0 Å². The standard InChI is InChI=1S/C20H26FN3O2/c1-20(2,3)19-22-16(13-25-4)11-18(23-19)24-8-9-26-17(12-24)14-6-5-7-15(21)10-14/h5-7,10-11,17H,8-9,12-13H2,1-4H3. The normalized spacial score (nSPS) is 18.2. The molecule has 0 bridgehead atoms. The number of benzene rings is 1. The highest BCUT2D eigenvalue weighted by molar-refractivity contribution is 5.42. The van der Waals surface area contributed by atoms with Crippen molar-refractivity contribution in [1.29, 1.82) is 0 Å². The Labute approximate surface area is 154 Å². The van der Waals surface area contributed by atoms with E-state index in [0.29, 0.717) is 19.8 Å². The van der Waals surface area contributed by atoms with Crippen molar-refractivity contribution in [2.24, 2.45) is 0 Å². The number of aromatic nitrogens is 2. The van der Waals surface area contributed by atoms with Crippen LogP contribution >= 0.6 is 0 Å². The lowest BCUT2D eigenvalue weighted by Crippen LogP contribution is -2.39. The molecule has 1 aromatic heterocycles. The third-order valence-corrected chi connectivity index (χ3v) is 4.34. The van der Waals surface area contributed by atoms with Crippen molar-refractivity contribution in [3.63, 3.8) is 0 Å². The van der Waals surface area contributed by atoms with Gasteiger partial charge in [0.25, 0.3) is 0 Å². The smallest absolute Gasteiger partial charge is 0.136 e. The van der Waals surface area contributed by atoms with E-state index in [4.69, 9.17) is 14.5 Å². The summed E-state index contributed by atoms with van der Waals surface area (Å²) >= 11 is 0. The Morgan fingerprint density at radius 3 is 2.77 bits per heavy atom. The van der Waals surface area contributed by atoms with E-state index in [-0.39, 0.29) is 17.3 Å². The molecule has 3 rings (SSSR count). The molecule has 0 amide bonds. The molecule has 2 aromatic rings. The first-order valence-corrected chi connectivity index (χ1v) is 8.86. The molecule has 0 spiro atoms. The number of halogens is 1. The minimum Gasteiger partial charge on any atom is -0.378 e. The molecule has 0 saturated carbocycles. The van der Waals surface area contributed by atoms with Crippen molar-refractivity contribution >= 4 is 5.82 Å². The summed E-state index contributed by atoms with van der Waals surface area (Å²) in [5, 5.41) is 0. The van der Waals surface area contributed by atoms with E-state index in [1.807, 2.05) is 12.1 Å². The first-order chi connectivity index (χ1) is 12.4. The molecule has 1 fully saturated rings. The van der Waals surface area contributed by atoms with E-state index < -0.39 is 0 Å². The molecule has 1 aromatic carbocycles. The summed E-state index contributed by atoms with van der Waals surface area (Å²) in [5.74, 6) is 1.40.